The first-order valence-electron chi connectivity index (χ1n) is 4.35. The van der Waals surface area contributed by atoms with Gasteiger partial charge in [0.15, 0.2) is 5.78 Å². The molecule has 0 spiro atoms. The molecule has 1 aromatic rings. The number of thiol groups is 1. The van der Waals surface area contributed by atoms with E-state index in [1.54, 1.807) is 13.0 Å². The molecule has 0 unspecified atom stereocenters. The third kappa shape index (κ3) is 3.20. The van der Waals surface area contributed by atoms with E-state index in [0.29, 0.717) is 4.90 Å². The first-order valence-corrected chi connectivity index (χ1v) is 4.80. The molecule has 0 atom stereocenters. The predicted molar refractivity (Wildman–Crippen MR) is 54.9 cm³/mol. The maximum Gasteiger partial charge on any atom is 0.387 e. The first kappa shape index (κ1) is 12.0. The lowest BCUT2D eigenvalue weighted by molar-refractivity contribution is -0.0502. The number of carbonyl (C=O) groups is 1. The number of rotatable bonds is 4. The molecule has 0 heterocycles. The standard InChI is InChI=1S/C10H10F2O2S/c1-2-8(13)7-4-3-6(15)5-9(7)14-10(11)12/h3-5,10,15H,2H2,1H3. The van der Waals surface area contributed by atoms with Gasteiger partial charge in [-0.15, -0.1) is 12.6 Å². The first-order chi connectivity index (χ1) is 7.04. The zero-order valence-corrected chi connectivity index (χ0v) is 8.93. The van der Waals surface area contributed by atoms with Crippen molar-refractivity contribution < 1.29 is 18.3 Å². The highest BCUT2D eigenvalue weighted by Gasteiger charge is 2.14. The van der Waals surface area contributed by atoms with Crippen LogP contribution in [0, 0.1) is 0 Å². The summed E-state index contributed by atoms with van der Waals surface area (Å²) in [4.78, 5) is 11.8. The number of halogens is 2. The molecule has 0 fully saturated rings. The minimum Gasteiger partial charge on any atom is -0.434 e. The minimum absolute atomic E-state index is 0.121. The molecule has 1 rings (SSSR count). The van der Waals surface area contributed by atoms with Crippen LogP contribution in [0.15, 0.2) is 23.1 Å². The number of ether oxygens (including phenoxy) is 1. The Morgan fingerprint density at radius 3 is 2.73 bits per heavy atom. The van der Waals surface area contributed by atoms with Crippen molar-refractivity contribution in [1.82, 2.24) is 0 Å². The van der Waals surface area contributed by atoms with Gasteiger partial charge in [-0.25, -0.2) is 0 Å². The third-order valence-corrected chi connectivity index (χ3v) is 2.08. The van der Waals surface area contributed by atoms with Crippen molar-refractivity contribution >= 4 is 18.4 Å². The number of benzene rings is 1. The summed E-state index contributed by atoms with van der Waals surface area (Å²) in [5.41, 5.74) is 0.163. The van der Waals surface area contributed by atoms with E-state index in [-0.39, 0.29) is 23.5 Å². The van der Waals surface area contributed by atoms with Crippen molar-refractivity contribution in [1.29, 1.82) is 0 Å². The van der Waals surface area contributed by atoms with Gasteiger partial charge >= 0.3 is 6.61 Å². The summed E-state index contributed by atoms with van der Waals surface area (Å²) in [6.45, 7) is -1.29. The van der Waals surface area contributed by atoms with Crippen LogP contribution in [0.2, 0.25) is 0 Å². The Hall–Kier alpha value is -1.10. The van der Waals surface area contributed by atoms with E-state index in [4.69, 9.17) is 0 Å². The molecule has 82 valence electrons. The van der Waals surface area contributed by atoms with Crippen LogP contribution in [0.25, 0.3) is 0 Å². The van der Waals surface area contributed by atoms with Gasteiger partial charge in [0, 0.05) is 11.3 Å². The van der Waals surface area contributed by atoms with Gasteiger partial charge in [-0.1, -0.05) is 6.92 Å². The zero-order chi connectivity index (χ0) is 11.4. The van der Waals surface area contributed by atoms with Crippen molar-refractivity contribution in [2.45, 2.75) is 24.9 Å². The number of hydrogen-bond donors (Lipinski definition) is 1. The average molecular weight is 232 g/mol. The molecular weight excluding hydrogens is 222 g/mol. The van der Waals surface area contributed by atoms with E-state index in [2.05, 4.69) is 17.4 Å². The fourth-order valence-electron chi connectivity index (χ4n) is 1.13. The molecule has 1 aromatic carbocycles. The fourth-order valence-corrected chi connectivity index (χ4v) is 1.32. The number of carbonyl (C=O) groups excluding carboxylic acids is 1. The average Bonchev–Trinajstić information content (AvgIpc) is 2.16. The Balaban J connectivity index is 3.08. The highest BCUT2D eigenvalue weighted by atomic mass is 32.1. The van der Waals surface area contributed by atoms with Crippen LogP contribution < -0.4 is 4.74 Å². The van der Waals surface area contributed by atoms with Crippen molar-refractivity contribution in [3.63, 3.8) is 0 Å². The summed E-state index contributed by atoms with van der Waals surface area (Å²) in [7, 11) is 0. The van der Waals surface area contributed by atoms with Crippen LogP contribution in [0.5, 0.6) is 5.75 Å². The van der Waals surface area contributed by atoms with E-state index in [1.807, 2.05) is 0 Å². The summed E-state index contributed by atoms with van der Waals surface area (Å²) in [6.07, 6.45) is 0.242. The SMILES string of the molecule is CCC(=O)c1ccc(S)cc1OC(F)F. The summed E-state index contributed by atoms with van der Waals surface area (Å²) in [5, 5.41) is 0. The van der Waals surface area contributed by atoms with Crippen LogP contribution >= 0.6 is 12.6 Å². The maximum absolute atomic E-state index is 12.0. The molecule has 0 bridgehead atoms. The Bertz CT molecular complexity index is 366. The highest BCUT2D eigenvalue weighted by molar-refractivity contribution is 7.80. The smallest absolute Gasteiger partial charge is 0.387 e. The van der Waals surface area contributed by atoms with Gasteiger partial charge in [-0.2, -0.15) is 8.78 Å². The monoisotopic (exact) mass is 232 g/mol. The molecule has 0 aliphatic heterocycles. The lowest BCUT2D eigenvalue weighted by Crippen LogP contribution is -2.07. The van der Waals surface area contributed by atoms with Crippen LogP contribution in [0.1, 0.15) is 23.7 Å². The van der Waals surface area contributed by atoms with E-state index in [0.717, 1.165) is 0 Å². The molecule has 0 aliphatic carbocycles. The Morgan fingerprint density at radius 1 is 1.53 bits per heavy atom. The van der Waals surface area contributed by atoms with Gasteiger partial charge in [0.25, 0.3) is 0 Å². The quantitative estimate of drug-likeness (QED) is 0.637. The summed E-state index contributed by atoms with van der Waals surface area (Å²) in [6, 6.07) is 4.30. The minimum atomic E-state index is -2.94. The Morgan fingerprint density at radius 2 is 2.20 bits per heavy atom. The second kappa shape index (κ2) is 5.11. The van der Waals surface area contributed by atoms with Gasteiger partial charge in [0.2, 0.25) is 0 Å². The van der Waals surface area contributed by atoms with Gasteiger partial charge in [-0.05, 0) is 18.2 Å². The van der Waals surface area contributed by atoms with Gasteiger partial charge in [0.05, 0.1) is 5.56 Å². The fraction of sp³-hybridized carbons (Fsp3) is 0.300. The molecule has 0 amide bonds. The van der Waals surface area contributed by atoms with Gasteiger partial charge < -0.3 is 4.74 Å². The van der Waals surface area contributed by atoms with Crippen molar-refractivity contribution in [2.24, 2.45) is 0 Å². The second-order valence-corrected chi connectivity index (χ2v) is 3.35. The molecule has 0 aromatic heterocycles. The highest BCUT2D eigenvalue weighted by Crippen LogP contribution is 2.25. The molecule has 5 heteroatoms. The Labute approximate surface area is 91.7 Å². The molecule has 0 saturated heterocycles. The van der Waals surface area contributed by atoms with E-state index < -0.39 is 6.61 Å². The van der Waals surface area contributed by atoms with Crippen molar-refractivity contribution in [2.75, 3.05) is 0 Å². The van der Waals surface area contributed by atoms with Crippen LogP contribution in [0.3, 0.4) is 0 Å². The molecule has 0 N–H and O–H groups in total. The topological polar surface area (TPSA) is 26.3 Å². The van der Waals surface area contributed by atoms with Crippen LogP contribution in [0.4, 0.5) is 8.78 Å². The molecule has 0 saturated carbocycles. The summed E-state index contributed by atoms with van der Waals surface area (Å²) < 4.78 is 28.3. The lowest BCUT2D eigenvalue weighted by Gasteiger charge is -2.09. The van der Waals surface area contributed by atoms with Gasteiger partial charge in [0.1, 0.15) is 5.75 Å². The lowest BCUT2D eigenvalue weighted by atomic mass is 10.1. The van der Waals surface area contributed by atoms with Crippen LogP contribution in [-0.2, 0) is 0 Å². The molecule has 0 radical (unpaired) electrons. The summed E-state index contributed by atoms with van der Waals surface area (Å²) in [5.74, 6) is -0.358. The molecular formula is C10H10F2O2S. The van der Waals surface area contributed by atoms with E-state index in [9.17, 15) is 13.6 Å². The zero-order valence-electron chi connectivity index (χ0n) is 8.04. The number of hydrogen-bond acceptors (Lipinski definition) is 3. The maximum atomic E-state index is 12.0. The molecule has 2 nitrogen and oxygen atoms in total. The Kier molecular flexibility index (Phi) is 4.08. The number of Topliss-reactive ketones (excluding diaryl/α,β-unsaturated/α-hetero) is 1. The molecule has 0 aliphatic rings. The van der Waals surface area contributed by atoms with Gasteiger partial charge in [-0.3, -0.25) is 4.79 Å². The van der Waals surface area contributed by atoms with E-state index >= 15 is 0 Å². The normalized spacial score (nSPS) is 10.5. The van der Waals surface area contributed by atoms with Crippen molar-refractivity contribution in [3.8, 4) is 5.75 Å². The number of ketones is 1. The summed E-state index contributed by atoms with van der Waals surface area (Å²) >= 11 is 3.99. The number of alkyl halides is 2. The van der Waals surface area contributed by atoms with E-state index in [1.165, 1.54) is 12.1 Å². The largest absolute Gasteiger partial charge is 0.434 e. The van der Waals surface area contributed by atoms with Crippen LogP contribution in [-0.4, -0.2) is 12.4 Å². The second-order valence-electron chi connectivity index (χ2n) is 2.84. The van der Waals surface area contributed by atoms with Crippen molar-refractivity contribution in [3.05, 3.63) is 23.8 Å². The molecule has 15 heavy (non-hydrogen) atoms. The third-order valence-electron chi connectivity index (χ3n) is 1.80. The predicted octanol–water partition coefficient (Wildman–Crippen LogP) is 3.17.